The number of fused-ring (bicyclic) bond motifs is 12. The van der Waals surface area contributed by atoms with Crippen molar-refractivity contribution in [1.29, 1.82) is 0 Å². The molecule has 4 heterocycles. The summed E-state index contributed by atoms with van der Waals surface area (Å²) in [4.78, 5) is 9.31. The van der Waals surface area contributed by atoms with Crippen LogP contribution in [0.25, 0.3) is 54.6 Å². The van der Waals surface area contributed by atoms with Crippen LogP contribution in [0.3, 0.4) is 0 Å². The molecule has 0 saturated heterocycles. The third-order valence-corrected chi connectivity index (χ3v) is 7.65. The van der Waals surface area contributed by atoms with Gasteiger partial charge in [-0.25, -0.2) is 0 Å². The fourth-order valence-corrected chi connectivity index (χ4v) is 5.69. The average molecular weight is 700 g/mol. The van der Waals surface area contributed by atoms with E-state index in [1.54, 1.807) is 0 Å². The molecule has 4 aromatic heterocycles. The largest absolute Gasteiger partial charge is 2.00 e. The van der Waals surface area contributed by atoms with Crippen molar-refractivity contribution in [2.75, 3.05) is 0 Å². The number of rotatable bonds is 2. The van der Waals surface area contributed by atoms with Gasteiger partial charge in [0.2, 0.25) is 0 Å². The van der Waals surface area contributed by atoms with Crippen molar-refractivity contribution in [2.24, 2.45) is 0 Å². The molecule has 0 radical (unpaired) electrons. The van der Waals surface area contributed by atoms with Gasteiger partial charge >= 0.3 is 21.1 Å². The van der Waals surface area contributed by atoms with Crippen LogP contribution in [0.1, 0.15) is 26.3 Å². The molecule has 6 heteroatoms. The first-order valence-corrected chi connectivity index (χ1v) is 13.1. The third-order valence-electron chi connectivity index (χ3n) is 7.65. The predicted octanol–water partition coefficient (Wildman–Crippen LogP) is 8.28. The van der Waals surface area contributed by atoms with Gasteiger partial charge in [-0.1, -0.05) is 96.9 Å². The summed E-state index contributed by atoms with van der Waals surface area (Å²) in [5, 5.41) is 6.37. The topological polar surface area (TPSA) is 43.8 Å². The summed E-state index contributed by atoms with van der Waals surface area (Å²) in [6.07, 6.45) is 7.67. The van der Waals surface area contributed by atoms with Crippen molar-refractivity contribution >= 4 is 54.6 Å². The molecule has 196 valence electrons. The maximum Gasteiger partial charge on any atom is 2.00 e. The van der Waals surface area contributed by atoms with Crippen LogP contribution in [-0.2, 0) is 26.5 Å². The summed E-state index contributed by atoms with van der Waals surface area (Å²) in [5.74, 6) is 1.24. The molecule has 0 saturated carbocycles. The Morgan fingerprint density at radius 3 is 1.82 bits per heavy atom. The summed E-state index contributed by atoms with van der Waals surface area (Å²) in [6, 6.07) is 30.2. The van der Waals surface area contributed by atoms with Crippen LogP contribution in [0.2, 0.25) is 0 Å². The Bertz CT molecular complexity index is 2260. The standard InChI is InChI=1S/C34H24N4O.Pt/c1-34(2,3)21-8-11-27-25-13-10-23(20-29(25)33-36-15-17-38(33)31(27)18-21)39-22-9-12-24-26-6-4-5-7-30(26)37-16-14-35-32(37)28(24)19-22;/h4-18H,1-3H3;/q-2;+2. The van der Waals surface area contributed by atoms with Crippen molar-refractivity contribution in [3.63, 3.8) is 0 Å². The summed E-state index contributed by atoms with van der Waals surface area (Å²) >= 11 is 0. The summed E-state index contributed by atoms with van der Waals surface area (Å²) in [7, 11) is 0. The van der Waals surface area contributed by atoms with Crippen LogP contribution >= 0.6 is 0 Å². The van der Waals surface area contributed by atoms with Gasteiger partial charge in [0.05, 0.1) is 11.3 Å². The number of benzene rings is 4. The molecule has 0 fully saturated rings. The minimum absolute atomic E-state index is 0. The Kier molecular flexibility index (Phi) is 5.52. The second kappa shape index (κ2) is 8.90. The van der Waals surface area contributed by atoms with Gasteiger partial charge in [0.1, 0.15) is 0 Å². The van der Waals surface area contributed by atoms with E-state index in [2.05, 4.69) is 95.2 Å². The molecule has 8 rings (SSSR count). The molecule has 5 nitrogen and oxygen atoms in total. The monoisotopic (exact) mass is 699 g/mol. The average Bonchev–Trinajstić information content (AvgIpc) is 3.63. The quantitative estimate of drug-likeness (QED) is 0.135. The van der Waals surface area contributed by atoms with Crippen molar-refractivity contribution < 1.29 is 25.8 Å². The van der Waals surface area contributed by atoms with Crippen molar-refractivity contribution in [3.05, 3.63) is 109 Å². The maximum atomic E-state index is 6.35. The predicted molar refractivity (Wildman–Crippen MR) is 157 cm³/mol. The van der Waals surface area contributed by atoms with Gasteiger partial charge in [0.25, 0.3) is 0 Å². The number of hydrogen-bond donors (Lipinski definition) is 0. The molecule has 0 atom stereocenters. The van der Waals surface area contributed by atoms with Gasteiger partial charge in [-0.3, -0.25) is 9.97 Å². The molecule has 8 aromatic rings. The zero-order valence-electron chi connectivity index (χ0n) is 22.2. The molecule has 0 spiro atoms. The fraction of sp³-hybridized carbons (Fsp3) is 0.118. The van der Waals surface area contributed by atoms with E-state index in [-0.39, 0.29) is 26.5 Å². The molecule has 0 aliphatic rings. The Hall–Kier alpha value is -4.21. The molecule has 0 bridgehead atoms. The Morgan fingerprint density at radius 1 is 0.650 bits per heavy atom. The number of aromatic nitrogens is 4. The molecule has 40 heavy (non-hydrogen) atoms. The van der Waals surface area contributed by atoms with Crippen LogP contribution in [0, 0.1) is 12.1 Å². The molecule has 4 aromatic carbocycles. The third kappa shape index (κ3) is 3.65. The van der Waals surface area contributed by atoms with E-state index >= 15 is 0 Å². The van der Waals surface area contributed by atoms with Gasteiger partial charge in [-0.05, 0) is 33.9 Å². The molecule has 0 amide bonds. The molecule has 0 aliphatic heterocycles. The Morgan fingerprint density at radius 2 is 1.20 bits per heavy atom. The normalized spacial score (nSPS) is 12.2. The first kappa shape index (κ1) is 24.8. The molecular weight excluding hydrogens is 675 g/mol. The minimum atomic E-state index is 0. The zero-order valence-corrected chi connectivity index (χ0v) is 24.4. The summed E-state index contributed by atoms with van der Waals surface area (Å²) < 4.78 is 10.6. The van der Waals surface area contributed by atoms with Gasteiger partial charge < -0.3 is 13.5 Å². The number of para-hydroxylation sites is 1. The minimum Gasteiger partial charge on any atom is -0.497 e. The van der Waals surface area contributed by atoms with E-state index < -0.39 is 0 Å². The first-order chi connectivity index (χ1) is 19.0. The molecule has 0 aliphatic carbocycles. The smallest absolute Gasteiger partial charge is 0.497 e. The Labute approximate surface area is 245 Å². The van der Waals surface area contributed by atoms with E-state index in [1.807, 2.05) is 43.0 Å². The molecule has 0 N–H and O–H groups in total. The SMILES string of the molecule is CC(C)(C)c1ccc2c3ccc(Oc4[c-]c5c(cc4)c4ccccc4n4ccnc54)[c-]c3c3nccn3c2c1.[Pt+2]. The Balaban J connectivity index is 0.00000264. The van der Waals surface area contributed by atoms with Gasteiger partial charge in [-0.2, -0.15) is 0 Å². The molecule has 0 unspecified atom stereocenters. The van der Waals surface area contributed by atoms with E-state index in [1.165, 1.54) is 5.56 Å². The van der Waals surface area contributed by atoms with Gasteiger partial charge in [0.15, 0.2) is 0 Å². The van der Waals surface area contributed by atoms with Crippen LogP contribution < -0.4 is 4.74 Å². The van der Waals surface area contributed by atoms with Gasteiger partial charge in [0, 0.05) is 47.3 Å². The van der Waals surface area contributed by atoms with Crippen LogP contribution in [0.15, 0.2) is 91.5 Å². The first-order valence-electron chi connectivity index (χ1n) is 13.1. The number of ether oxygens (including phenoxy) is 1. The summed E-state index contributed by atoms with van der Waals surface area (Å²) in [6.45, 7) is 6.71. The second-order valence-electron chi connectivity index (χ2n) is 11.1. The zero-order chi connectivity index (χ0) is 26.3. The molecular formula is C34H24N4OPt. The van der Waals surface area contributed by atoms with E-state index in [9.17, 15) is 0 Å². The van der Waals surface area contributed by atoms with Gasteiger partial charge in [-0.15, -0.1) is 12.1 Å². The number of imidazole rings is 2. The number of hydrogen-bond acceptors (Lipinski definition) is 3. The van der Waals surface area contributed by atoms with Crippen molar-refractivity contribution in [1.82, 2.24) is 18.8 Å². The van der Waals surface area contributed by atoms with Crippen LogP contribution in [0.5, 0.6) is 11.5 Å². The van der Waals surface area contributed by atoms with Crippen molar-refractivity contribution in [2.45, 2.75) is 26.2 Å². The van der Waals surface area contributed by atoms with Crippen molar-refractivity contribution in [3.8, 4) is 11.5 Å². The number of pyridine rings is 2. The van der Waals surface area contributed by atoms with Crippen LogP contribution in [0.4, 0.5) is 0 Å². The van der Waals surface area contributed by atoms with E-state index in [0.29, 0.717) is 11.5 Å². The maximum absolute atomic E-state index is 6.35. The fourth-order valence-electron chi connectivity index (χ4n) is 5.69. The van der Waals surface area contributed by atoms with E-state index in [4.69, 9.17) is 9.72 Å². The van der Waals surface area contributed by atoms with E-state index in [0.717, 1.165) is 54.6 Å². The number of nitrogens with zero attached hydrogens (tertiary/aromatic N) is 4. The summed E-state index contributed by atoms with van der Waals surface area (Å²) in [5.41, 5.74) is 5.33. The van der Waals surface area contributed by atoms with Crippen LogP contribution in [-0.4, -0.2) is 18.8 Å². The second-order valence-corrected chi connectivity index (χ2v) is 11.1.